The molecule has 1 amide bonds. The lowest BCUT2D eigenvalue weighted by molar-refractivity contribution is -0.132. The molecule has 112 valence electrons. The van der Waals surface area contributed by atoms with E-state index in [9.17, 15) is 4.79 Å². The highest BCUT2D eigenvalue weighted by Gasteiger charge is 2.58. The molecule has 3 rings (SSSR count). The number of hydrogen-bond acceptors (Lipinski definition) is 3. The fraction of sp³-hybridized carbons (Fsp3) is 0.643. The van der Waals surface area contributed by atoms with Gasteiger partial charge in [-0.2, -0.15) is 0 Å². The number of halogens is 2. The highest BCUT2D eigenvalue weighted by atomic mass is 35.5. The van der Waals surface area contributed by atoms with E-state index in [4.69, 9.17) is 11.6 Å². The molecule has 0 bridgehead atoms. The first-order chi connectivity index (χ1) is 9.11. The van der Waals surface area contributed by atoms with Crippen molar-refractivity contribution in [2.24, 2.45) is 11.3 Å². The number of thiophene rings is 1. The third-order valence-corrected chi connectivity index (χ3v) is 5.70. The summed E-state index contributed by atoms with van der Waals surface area (Å²) in [5, 5.41) is 3.37. The van der Waals surface area contributed by atoms with Crippen LogP contribution in [0.2, 0.25) is 4.34 Å². The van der Waals surface area contributed by atoms with Crippen molar-refractivity contribution in [2.75, 3.05) is 20.1 Å². The maximum Gasteiger partial charge on any atom is 0.226 e. The van der Waals surface area contributed by atoms with Gasteiger partial charge < -0.3 is 10.2 Å². The van der Waals surface area contributed by atoms with Crippen molar-refractivity contribution in [3.63, 3.8) is 0 Å². The number of piperidine rings is 1. The van der Waals surface area contributed by atoms with Gasteiger partial charge in [-0.15, -0.1) is 23.7 Å². The predicted octanol–water partition coefficient (Wildman–Crippen LogP) is 3.17. The zero-order valence-corrected chi connectivity index (χ0v) is 13.9. The van der Waals surface area contributed by atoms with Gasteiger partial charge in [0.25, 0.3) is 0 Å². The molecular weight excluding hydrogens is 315 g/mol. The van der Waals surface area contributed by atoms with E-state index in [2.05, 4.69) is 5.32 Å². The fourth-order valence-electron chi connectivity index (χ4n) is 3.19. The molecular formula is C14H20Cl2N2OS. The normalized spacial score (nSPS) is 23.2. The SMILES string of the molecule is CN(Cc1ccc(Cl)s1)C(=O)C1CC12CCNCC2.Cl. The molecule has 1 aromatic rings. The Bertz CT molecular complexity index is 485. The van der Waals surface area contributed by atoms with E-state index >= 15 is 0 Å². The quantitative estimate of drug-likeness (QED) is 0.920. The van der Waals surface area contributed by atoms with Gasteiger partial charge in [0.15, 0.2) is 0 Å². The molecule has 1 N–H and O–H groups in total. The zero-order chi connectivity index (χ0) is 13.5. The van der Waals surface area contributed by atoms with Crippen LogP contribution in [-0.4, -0.2) is 30.9 Å². The van der Waals surface area contributed by atoms with Crippen molar-refractivity contribution in [1.82, 2.24) is 10.2 Å². The van der Waals surface area contributed by atoms with Gasteiger partial charge in [-0.25, -0.2) is 0 Å². The standard InChI is InChI=1S/C14H19ClN2OS.ClH/c1-17(9-10-2-3-12(15)19-10)13(18)11-8-14(11)4-6-16-7-5-14;/h2-3,11,16H,4-9H2,1H3;1H. The molecule has 20 heavy (non-hydrogen) atoms. The molecule has 6 heteroatoms. The molecule has 0 aromatic carbocycles. The second kappa shape index (κ2) is 6.22. The summed E-state index contributed by atoms with van der Waals surface area (Å²) < 4.78 is 0.789. The van der Waals surface area contributed by atoms with Gasteiger partial charge in [0, 0.05) is 17.8 Å². The van der Waals surface area contributed by atoms with E-state index in [1.165, 1.54) is 0 Å². The van der Waals surface area contributed by atoms with Crippen molar-refractivity contribution >= 4 is 41.3 Å². The summed E-state index contributed by atoms with van der Waals surface area (Å²) in [4.78, 5) is 15.5. The van der Waals surface area contributed by atoms with Crippen LogP contribution in [0.25, 0.3) is 0 Å². The summed E-state index contributed by atoms with van der Waals surface area (Å²) in [6, 6.07) is 3.90. The minimum absolute atomic E-state index is 0. The minimum atomic E-state index is 0. The molecule has 1 spiro atoms. The van der Waals surface area contributed by atoms with E-state index in [1.807, 2.05) is 24.1 Å². The van der Waals surface area contributed by atoms with E-state index in [1.54, 1.807) is 11.3 Å². The molecule has 2 aliphatic rings. The second-order valence-electron chi connectivity index (χ2n) is 5.77. The minimum Gasteiger partial charge on any atom is -0.340 e. The lowest BCUT2D eigenvalue weighted by Gasteiger charge is -2.25. The molecule has 1 aliphatic heterocycles. The smallest absolute Gasteiger partial charge is 0.226 e. The first-order valence-corrected chi connectivity index (χ1v) is 8.00. The third-order valence-electron chi connectivity index (χ3n) is 4.49. The largest absolute Gasteiger partial charge is 0.340 e. The molecule has 1 atom stereocenters. The third kappa shape index (κ3) is 3.14. The van der Waals surface area contributed by atoms with E-state index < -0.39 is 0 Å². The van der Waals surface area contributed by atoms with E-state index in [-0.39, 0.29) is 18.3 Å². The number of nitrogens with one attached hydrogen (secondary N) is 1. The van der Waals surface area contributed by atoms with Crippen LogP contribution in [0.3, 0.4) is 0 Å². The van der Waals surface area contributed by atoms with Gasteiger partial charge in [-0.1, -0.05) is 11.6 Å². The van der Waals surface area contributed by atoms with Crippen LogP contribution < -0.4 is 5.32 Å². The maximum atomic E-state index is 12.5. The Morgan fingerprint density at radius 1 is 1.50 bits per heavy atom. The summed E-state index contributed by atoms with van der Waals surface area (Å²) in [6.07, 6.45) is 3.40. The molecule has 1 aliphatic carbocycles. The Balaban J connectivity index is 0.00000147. The second-order valence-corrected chi connectivity index (χ2v) is 7.57. The maximum absolute atomic E-state index is 12.5. The van der Waals surface area contributed by atoms with Crippen molar-refractivity contribution < 1.29 is 4.79 Å². The summed E-state index contributed by atoms with van der Waals surface area (Å²) in [7, 11) is 1.91. The van der Waals surface area contributed by atoms with Gasteiger partial charge in [-0.05, 0) is 49.9 Å². The van der Waals surface area contributed by atoms with Gasteiger partial charge in [0.05, 0.1) is 10.9 Å². The number of rotatable bonds is 3. The lowest BCUT2D eigenvalue weighted by Crippen LogP contribution is -2.34. The molecule has 1 saturated heterocycles. The Labute approximate surface area is 135 Å². The van der Waals surface area contributed by atoms with Gasteiger partial charge in [0.2, 0.25) is 5.91 Å². The number of carbonyl (C=O) groups is 1. The van der Waals surface area contributed by atoms with E-state index in [0.29, 0.717) is 17.9 Å². The molecule has 0 radical (unpaired) electrons. The van der Waals surface area contributed by atoms with Gasteiger partial charge >= 0.3 is 0 Å². The Hall–Kier alpha value is -0.290. The van der Waals surface area contributed by atoms with E-state index in [0.717, 1.165) is 41.6 Å². The molecule has 2 heterocycles. The van der Waals surface area contributed by atoms with Crippen LogP contribution in [0.4, 0.5) is 0 Å². The van der Waals surface area contributed by atoms with Crippen LogP contribution >= 0.6 is 35.3 Å². The number of carbonyl (C=O) groups excluding carboxylic acids is 1. The van der Waals surface area contributed by atoms with Crippen molar-refractivity contribution in [2.45, 2.75) is 25.8 Å². The van der Waals surface area contributed by atoms with Crippen LogP contribution in [0.1, 0.15) is 24.1 Å². The molecule has 2 fully saturated rings. The van der Waals surface area contributed by atoms with Crippen LogP contribution in [-0.2, 0) is 11.3 Å². The molecule has 1 unspecified atom stereocenters. The first kappa shape index (κ1) is 16.1. The highest BCUT2D eigenvalue weighted by Crippen LogP contribution is 2.59. The van der Waals surface area contributed by atoms with Crippen LogP contribution in [0.5, 0.6) is 0 Å². The Morgan fingerprint density at radius 3 is 2.80 bits per heavy atom. The zero-order valence-electron chi connectivity index (χ0n) is 11.5. The number of amides is 1. The molecule has 3 nitrogen and oxygen atoms in total. The predicted molar refractivity (Wildman–Crippen MR) is 85.7 cm³/mol. The average molecular weight is 335 g/mol. The monoisotopic (exact) mass is 334 g/mol. The summed E-state index contributed by atoms with van der Waals surface area (Å²) in [5.41, 5.74) is 0.323. The molecule has 1 aromatic heterocycles. The lowest BCUT2D eigenvalue weighted by atomic mass is 9.91. The topological polar surface area (TPSA) is 32.3 Å². The first-order valence-electron chi connectivity index (χ1n) is 6.81. The highest BCUT2D eigenvalue weighted by molar-refractivity contribution is 7.16. The summed E-state index contributed by atoms with van der Waals surface area (Å²) in [6.45, 7) is 2.81. The number of nitrogens with zero attached hydrogens (tertiary/aromatic N) is 1. The Kier molecular flexibility index (Phi) is 5.00. The number of hydrogen-bond donors (Lipinski definition) is 1. The molecule has 1 saturated carbocycles. The van der Waals surface area contributed by atoms with Gasteiger partial charge in [0.1, 0.15) is 0 Å². The van der Waals surface area contributed by atoms with Crippen molar-refractivity contribution in [3.8, 4) is 0 Å². The Morgan fingerprint density at radius 2 is 2.20 bits per heavy atom. The van der Waals surface area contributed by atoms with Gasteiger partial charge in [-0.3, -0.25) is 4.79 Å². The van der Waals surface area contributed by atoms with Crippen LogP contribution in [0.15, 0.2) is 12.1 Å². The van der Waals surface area contributed by atoms with Crippen molar-refractivity contribution in [3.05, 3.63) is 21.3 Å². The summed E-state index contributed by atoms with van der Waals surface area (Å²) in [5.74, 6) is 0.571. The fourth-order valence-corrected chi connectivity index (χ4v) is 4.33. The summed E-state index contributed by atoms with van der Waals surface area (Å²) >= 11 is 7.48. The average Bonchev–Trinajstić information content (AvgIpc) is 2.92. The van der Waals surface area contributed by atoms with Crippen LogP contribution in [0, 0.1) is 11.3 Å². The van der Waals surface area contributed by atoms with Crippen molar-refractivity contribution in [1.29, 1.82) is 0 Å².